The predicted molar refractivity (Wildman–Crippen MR) is 81.2 cm³/mol. The quantitative estimate of drug-likeness (QED) is 0.652. The molecule has 1 amide bonds. The van der Waals surface area contributed by atoms with Crippen LogP contribution in [0.15, 0.2) is 24.3 Å². The third-order valence-corrected chi connectivity index (χ3v) is 3.46. The molecule has 118 valence electrons. The second-order valence-electron chi connectivity index (χ2n) is 4.83. The number of hydrogen-bond donors (Lipinski definition) is 3. The Labute approximate surface area is 130 Å². The Morgan fingerprint density at radius 3 is 2.91 bits per heavy atom. The summed E-state index contributed by atoms with van der Waals surface area (Å²) in [5.74, 6) is -1.34. The number of rotatable bonds is 3. The van der Waals surface area contributed by atoms with Gasteiger partial charge in [-0.05, 0) is 24.3 Å². The van der Waals surface area contributed by atoms with Gasteiger partial charge in [-0.15, -0.1) is 0 Å². The lowest BCUT2D eigenvalue weighted by Gasteiger charge is -2.08. The zero-order valence-corrected chi connectivity index (χ0v) is 12.2. The number of benzene rings is 1. The summed E-state index contributed by atoms with van der Waals surface area (Å²) in [4.78, 5) is 23.2. The summed E-state index contributed by atoms with van der Waals surface area (Å²) in [6.45, 7) is 0.246. The number of amides is 1. The standard InChI is InChI=1S/C15H14N4O4/c1-17-14(20)12-11-10(5-6-23-13(11)16)19(18-12)9-4-2-3-8(7-9)15(21)22/h2-5,7H,6,16H2,1H3,(H,17,20)(H,21,22). The molecular weight excluding hydrogens is 300 g/mol. The van der Waals surface area contributed by atoms with Crippen LogP contribution in [0.5, 0.6) is 0 Å². The molecule has 0 saturated carbocycles. The molecule has 8 heteroatoms. The van der Waals surface area contributed by atoms with E-state index in [1.165, 1.54) is 23.9 Å². The molecular formula is C15H14N4O4. The number of aromatic nitrogens is 2. The van der Waals surface area contributed by atoms with Crippen LogP contribution in [0.3, 0.4) is 0 Å². The maximum atomic E-state index is 12.0. The first-order valence-corrected chi connectivity index (χ1v) is 6.80. The van der Waals surface area contributed by atoms with Crippen molar-refractivity contribution in [1.82, 2.24) is 15.1 Å². The van der Waals surface area contributed by atoms with Gasteiger partial charge in [0.25, 0.3) is 5.91 Å². The van der Waals surface area contributed by atoms with Crippen LogP contribution in [0.25, 0.3) is 17.6 Å². The number of fused-ring (bicyclic) bond motifs is 1. The molecule has 2 aromatic rings. The second-order valence-corrected chi connectivity index (χ2v) is 4.83. The van der Waals surface area contributed by atoms with E-state index in [4.69, 9.17) is 15.6 Å². The van der Waals surface area contributed by atoms with Crippen molar-refractivity contribution in [2.24, 2.45) is 5.73 Å². The number of carboxylic acids is 1. The smallest absolute Gasteiger partial charge is 0.335 e. The molecule has 1 aromatic carbocycles. The van der Waals surface area contributed by atoms with E-state index in [2.05, 4.69) is 10.4 Å². The van der Waals surface area contributed by atoms with Crippen molar-refractivity contribution in [2.45, 2.75) is 0 Å². The van der Waals surface area contributed by atoms with Crippen molar-refractivity contribution in [3.8, 4) is 5.69 Å². The van der Waals surface area contributed by atoms with E-state index in [1.54, 1.807) is 18.2 Å². The lowest BCUT2D eigenvalue weighted by Crippen LogP contribution is -2.40. The Hall–Kier alpha value is -3.29. The molecule has 1 aliphatic heterocycles. The average molecular weight is 314 g/mol. The van der Waals surface area contributed by atoms with Crippen molar-refractivity contribution in [3.05, 3.63) is 46.1 Å². The van der Waals surface area contributed by atoms with Crippen molar-refractivity contribution < 1.29 is 19.4 Å². The fraction of sp³-hybridized carbons (Fsp3) is 0.133. The van der Waals surface area contributed by atoms with Crippen LogP contribution in [0.4, 0.5) is 0 Å². The Morgan fingerprint density at radius 2 is 2.22 bits per heavy atom. The Bertz CT molecular complexity index is 929. The van der Waals surface area contributed by atoms with Gasteiger partial charge >= 0.3 is 5.97 Å². The van der Waals surface area contributed by atoms with Crippen LogP contribution in [-0.2, 0) is 4.74 Å². The highest BCUT2D eigenvalue weighted by Crippen LogP contribution is 2.09. The lowest BCUT2D eigenvalue weighted by atomic mass is 10.2. The molecule has 1 aromatic heterocycles. The van der Waals surface area contributed by atoms with E-state index in [0.29, 0.717) is 16.3 Å². The lowest BCUT2D eigenvalue weighted by molar-refractivity contribution is 0.0696. The maximum absolute atomic E-state index is 12.0. The summed E-state index contributed by atoms with van der Waals surface area (Å²) in [7, 11) is 1.49. The Kier molecular flexibility index (Phi) is 3.49. The number of hydrogen-bond acceptors (Lipinski definition) is 5. The third-order valence-electron chi connectivity index (χ3n) is 3.46. The van der Waals surface area contributed by atoms with E-state index in [9.17, 15) is 9.59 Å². The molecule has 23 heavy (non-hydrogen) atoms. The first-order valence-electron chi connectivity index (χ1n) is 6.80. The van der Waals surface area contributed by atoms with Gasteiger partial charge in [0, 0.05) is 7.05 Å². The predicted octanol–water partition coefficient (Wildman–Crippen LogP) is -1.23. The minimum absolute atomic E-state index is 0.113. The number of nitrogens with one attached hydrogen (secondary N) is 1. The number of nitrogens with zero attached hydrogens (tertiary/aromatic N) is 2. The molecule has 1 aliphatic rings. The molecule has 4 N–H and O–H groups in total. The van der Waals surface area contributed by atoms with Crippen LogP contribution < -0.4 is 21.6 Å². The van der Waals surface area contributed by atoms with Crippen molar-refractivity contribution in [2.75, 3.05) is 13.7 Å². The Balaban J connectivity index is 2.31. The fourth-order valence-corrected chi connectivity index (χ4v) is 2.39. The van der Waals surface area contributed by atoms with Gasteiger partial charge in [-0.2, -0.15) is 5.10 Å². The first-order chi connectivity index (χ1) is 11.0. The monoisotopic (exact) mass is 314 g/mol. The maximum Gasteiger partial charge on any atom is 0.335 e. The molecule has 0 spiro atoms. The van der Waals surface area contributed by atoms with E-state index >= 15 is 0 Å². The molecule has 3 rings (SSSR count). The summed E-state index contributed by atoms with van der Waals surface area (Å²) in [5.41, 5.74) is 6.62. The van der Waals surface area contributed by atoms with Gasteiger partial charge in [0.2, 0.25) is 0 Å². The van der Waals surface area contributed by atoms with Gasteiger partial charge in [-0.1, -0.05) is 6.07 Å². The van der Waals surface area contributed by atoms with Gasteiger partial charge < -0.3 is 20.9 Å². The van der Waals surface area contributed by atoms with Gasteiger partial charge in [0.15, 0.2) is 11.6 Å². The number of aromatic carboxylic acids is 1. The molecule has 8 nitrogen and oxygen atoms in total. The molecule has 2 heterocycles. The highest BCUT2D eigenvalue weighted by molar-refractivity contribution is 5.93. The average Bonchev–Trinajstić information content (AvgIpc) is 2.95. The zero-order valence-electron chi connectivity index (χ0n) is 12.2. The van der Waals surface area contributed by atoms with Crippen molar-refractivity contribution >= 4 is 23.8 Å². The molecule has 0 radical (unpaired) electrons. The van der Waals surface area contributed by atoms with Gasteiger partial charge in [0.05, 0.1) is 21.8 Å². The fourth-order valence-electron chi connectivity index (χ4n) is 2.39. The van der Waals surface area contributed by atoms with Crippen molar-refractivity contribution in [3.63, 3.8) is 0 Å². The van der Waals surface area contributed by atoms with Crippen LogP contribution in [0.2, 0.25) is 0 Å². The second kappa shape index (κ2) is 5.48. The zero-order chi connectivity index (χ0) is 16.6. The van der Waals surface area contributed by atoms with Gasteiger partial charge in [-0.25, -0.2) is 9.48 Å². The molecule has 0 saturated heterocycles. The summed E-state index contributed by atoms with van der Waals surface area (Å²) in [6.07, 6.45) is 1.73. The SMILES string of the molecule is CNC(=O)c1nn(-c2cccc(C(=O)O)c2)c2c1=C(N)OCC=2. The van der Waals surface area contributed by atoms with E-state index in [1.807, 2.05) is 0 Å². The largest absolute Gasteiger partial charge is 0.478 e. The van der Waals surface area contributed by atoms with Crippen LogP contribution >= 0.6 is 0 Å². The topological polar surface area (TPSA) is 119 Å². The number of carboxylic acid groups (broad SMARTS) is 1. The number of nitrogens with two attached hydrogens (primary N) is 1. The van der Waals surface area contributed by atoms with E-state index in [-0.39, 0.29) is 23.7 Å². The van der Waals surface area contributed by atoms with Gasteiger partial charge in [0.1, 0.15) is 6.61 Å². The molecule has 0 unspecified atom stereocenters. The summed E-state index contributed by atoms with van der Waals surface area (Å²) in [5, 5.41) is 16.9. The third kappa shape index (κ3) is 2.39. The molecule has 0 atom stereocenters. The highest BCUT2D eigenvalue weighted by atomic mass is 16.5. The summed E-state index contributed by atoms with van der Waals surface area (Å²) >= 11 is 0. The number of carbonyl (C=O) groups excluding carboxylic acids is 1. The summed E-state index contributed by atoms with van der Waals surface area (Å²) < 4.78 is 6.75. The normalized spacial score (nSPS) is 12.8. The van der Waals surface area contributed by atoms with Crippen LogP contribution in [0.1, 0.15) is 20.8 Å². The van der Waals surface area contributed by atoms with Crippen LogP contribution in [-0.4, -0.2) is 40.4 Å². The number of carbonyl (C=O) groups is 2. The first kappa shape index (κ1) is 14.6. The minimum Gasteiger partial charge on any atom is -0.478 e. The van der Waals surface area contributed by atoms with Crippen molar-refractivity contribution in [1.29, 1.82) is 0 Å². The molecule has 0 bridgehead atoms. The Morgan fingerprint density at radius 1 is 1.43 bits per heavy atom. The minimum atomic E-state index is -1.04. The number of ether oxygens (including phenoxy) is 1. The highest BCUT2D eigenvalue weighted by Gasteiger charge is 2.20. The summed E-state index contributed by atoms with van der Waals surface area (Å²) in [6, 6.07) is 6.27. The molecule has 0 fully saturated rings. The molecule has 0 aliphatic carbocycles. The van der Waals surface area contributed by atoms with E-state index < -0.39 is 11.9 Å². The van der Waals surface area contributed by atoms with E-state index in [0.717, 1.165) is 0 Å². The van der Waals surface area contributed by atoms with Gasteiger partial charge in [-0.3, -0.25) is 4.79 Å². The van der Waals surface area contributed by atoms with Crippen LogP contribution in [0, 0.1) is 0 Å².